The molecule has 0 fully saturated rings. The van der Waals surface area contributed by atoms with Gasteiger partial charge in [-0.15, -0.1) is 0 Å². The first kappa shape index (κ1) is 28.6. The summed E-state index contributed by atoms with van der Waals surface area (Å²) in [5, 5.41) is 11.3. The second kappa shape index (κ2) is 11.5. The van der Waals surface area contributed by atoms with Crippen molar-refractivity contribution < 1.29 is 28.3 Å². The Hall–Kier alpha value is -4.97. The van der Waals surface area contributed by atoms with Gasteiger partial charge in [0.05, 0.1) is 41.6 Å². The van der Waals surface area contributed by atoms with Crippen molar-refractivity contribution in [3.05, 3.63) is 106 Å². The number of rotatable bonds is 8. The zero-order valence-electron chi connectivity index (χ0n) is 23.5. The van der Waals surface area contributed by atoms with Gasteiger partial charge >= 0.3 is 5.97 Å². The average molecular weight is 590 g/mol. The highest BCUT2D eigenvalue weighted by Crippen LogP contribution is 2.38. The summed E-state index contributed by atoms with van der Waals surface area (Å²) < 4.78 is 24.2. The Kier molecular flexibility index (Phi) is 7.81. The molecule has 0 bridgehead atoms. The van der Waals surface area contributed by atoms with Gasteiger partial charge in [0.25, 0.3) is 11.2 Å². The smallest absolute Gasteiger partial charge is 0.338 e. The summed E-state index contributed by atoms with van der Waals surface area (Å²) in [7, 11) is 3.03. The normalized spacial score (nSPS) is 14.8. The van der Waals surface area contributed by atoms with E-state index in [0.29, 0.717) is 49.2 Å². The Balaban J connectivity index is 1.67. The van der Waals surface area contributed by atoms with E-state index in [0.717, 1.165) is 16.9 Å². The van der Waals surface area contributed by atoms with Crippen molar-refractivity contribution in [2.75, 3.05) is 20.8 Å². The van der Waals surface area contributed by atoms with Gasteiger partial charge in [0.1, 0.15) is 29.1 Å². The third-order valence-electron chi connectivity index (χ3n) is 6.85. The third kappa shape index (κ3) is 5.12. The van der Waals surface area contributed by atoms with E-state index >= 15 is 0 Å². The van der Waals surface area contributed by atoms with Crippen LogP contribution in [0.15, 0.2) is 74.0 Å². The van der Waals surface area contributed by atoms with Crippen LogP contribution in [0.3, 0.4) is 0 Å². The number of nitro groups is 1. The fourth-order valence-electron chi connectivity index (χ4n) is 4.83. The molecule has 4 aromatic rings. The Morgan fingerprint density at radius 2 is 1.93 bits per heavy atom. The number of thiazole rings is 1. The molecule has 216 valence electrons. The van der Waals surface area contributed by atoms with Crippen molar-refractivity contribution in [2.45, 2.75) is 26.8 Å². The van der Waals surface area contributed by atoms with Crippen LogP contribution in [-0.4, -0.2) is 36.3 Å². The highest BCUT2D eigenvalue weighted by Gasteiger charge is 2.35. The molecule has 0 aliphatic carbocycles. The van der Waals surface area contributed by atoms with Crippen LogP contribution in [0.2, 0.25) is 0 Å². The predicted octanol–water partition coefficient (Wildman–Crippen LogP) is 4.29. The number of furan rings is 1. The number of fused-ring (bicyclic) bond motifs is 1. The van der Waals surface area contributed by atoms with E-state index in [1.54, 1.807) is 56.3 Å². The van der Waals surface area contributed by atoms with Gasteiger partial charge < -0.3 is 18.6 Å². The third-order valence-corrected chi connectivity index (χ3v) is 7.83. The minimum atomic E-state index is -0.896. The maximum absolute atomic E-state index is 14.0. The molecular weight excluding hydrogens is 562 g/mol. The van der Waals surface area contributed by atoms with Crippen LogP contribution in [0.1, 0.15) is 36.8 Å². The average Bonchev–Trinajstić information content (AvgIpc) is 3.56. The molecule has 1 aliphatic rings. The molecule has 11 nitrogen and oxygen atoms in total. The summed E-state index contributed by atoms with van der Waals surface area (Å²) in [4.78, 5) is 43.0. The molecule has 2 aromatic heterocycles. The molecule has 1 unspecified atom stereocenters. The second-order valence-electron chi connectivity index (χ2n) is 9.37. The SMILES string of the molecule is CCOC(=O)C1=C(C)N=c2sc(=Cc3ccc(-c4cc([N+](=O)[O-])ccc4C)o3)c(=O)n2C1c1cc(OC)ccc1OC. The van der Waals surface area contributed by atoms with Gasteiger partial charge in [-0.2, -0.15) is 0 Å². The molecule has 0 radical (unpaired) electrons. The lowest BCUT2D eigenvalue weighted by atomic mass is 9.95. The van der Waals surface area contributed by atoms with Gasteiger partial charge in [-0.3, -0.25) is 19.5 Å². The van der Waals surface area contributed by atoms with Crippen LogP contribution < -0.4 is 24.4 Å². The maximum atomic E-state index is 14.0. The first-order valence-corrected chi connectivity index (χ1v) is 13.7. The van der Waals surface area contributed by atoms with Crippen molar-refractivity contribution in [3.8, 4) is 22.8 Å². The fraction of sp³-hybridized carbons (Fsp3) is 0.233. The van der Waals surface area contributed by atoms with E-state index < -0.39 is 22.5 Å². The van der Waals surface area contributed by atoms with Crippen LogP contribution in [0.5, 0.6) is 11.5 Å². The number of hydrogen-bond donors (Lipinski definition) is 0. The number of nitro benzene ring substituents is 1. The molecule has 5 rings (SSSR count). The Morgan fingerprint density at radius 3 is 2.62 bits per heavy atom. The molecule has 0 N–H and O–H groups in total. The fourth-order valence-corrected chi connectivity index (χ4v) is 5.86. The quantitative estimate of drug-likeness (QED) is 0.169. The molecule has 0 saturated heterocycles. The van der Waals surface area contributed by atoms with E-state index in [9.17, 15) is 19.7 Å². The number of methoxy groups -OCH3 is 2. The van der Waals surface area contributed by atoms with Gasteiger partial charge in [0, 0.05) is 29.3 Å². The first-order valence-electron chi connectivity index (χ1n) is 12.9. The van der Waals surface area contributed by atoms with Crippen molar-refractivity contribution in [3.63, 3.8) is 0 Å². The van der Waals surface area contributed by atoms with Crippen LogP contribution in [-0.2, 0) is 9.53 Å². The summed E-state index contributed by atoms with van der Waals surface area (Å²) in [6, 6.07) is 12.2. The van der Waals surface area contributed by atoms with Crippen LogP contribution in [0, 0.1) is 17.0 Å². The highest BCUT2D eigenvalue weighted by atomic mass is 32.1. The standard InChI is InChI=1S/C30H27N3O8S/c1-6-40-29(35)26-17(3)31-30-32(27(26)22-14-19(38-4)9-11-23(22)39-5)28(34)25(42-30)15-20-10-12-24(41-20)21-13-18(33(36)37)8-7-16(21)2/h7-15,27H,6H2,1-5H3. The molecule has 1 atom stereocenters. The number of carbonyl (C=O) groups excluding carboxylic acids is 1. The largest absolute Gasteiger partial charge is 0.497 e. The molecule has 2 aromatic carbocycles. The number of aromatic nitrogens is 1. The number of esters is 1. The Labute approximate surface area is 243 Å². The van der Waals surface area contributed by atoms with Crippen LogP contribution >= 0.6 is 11.3 Å². The monoisotopic (exact) mass is 589 g/mol. The minimum Gasteiger partial charge on any atom is -0.497 e. The zero-order valence-corrected chi connectivity index (χ0v) is 24.3. The number of non-ortho nitro benzene ring substituents is 1. The number of aryl methyl sites for hydroxylation is 1. The van der Waals surface area contributed by atoms with Gasteiger partial charge in [0.15, 0.2) is 4.80 Å². The van der Waals surface area contributed by atoms with Crippen LogP contribution in [0.4, 0.5) is 5.69 Å². The van der Waals surface area contributed by atoms with Gasteiger partial charge in [0.2, 0.25) is 0 Å². The summed E-state index contributed by atoms with van der Waals surface area (Å²) in [5.74, 6) is 1.18. The van der Waals surface area contributed by atoms with Gasteiger partial charge in [-0.25, -0.2) is 9.79 Å². The molecular formula is C30H27N3O8S. The maximum Gasteiger partial charge on any atom is 0.338 e. The lowest BCUT2D eigenvalue weighted by Gasteiger charge is -2.26. The topological polar surface area (TPSA) is 135 Å². The summed E-state index contributed by atoms with van der Waals surface area (Å²) in [5.41, 5.74) is 2.08. The van der Waals surface area contributed by atoms with E-state index in [1.165, 1.54) is 30.9 Å². The Bertz CT molecular complexity index is 1930. The molecule has 0 spiro atoms. The summed E-state index contributed by atoms with van der Waals surface area (Å²) >= 11 is 1.14. The van der Waals surface area contributed by atoms with Crippen molar-refractivity contribution in [1.82, 2.24) is 4.57 Å². The first-order chi connectivity index (χ1) is 20.2. The van der Waals surface area contributed by atoms with Crippen molar-refractivity contribution >= 4 is 29.1 Å². The summed E-state index contributed by atoms with van der Waals surface area (Å²) in [6.07, 6.45) is 1.59. The van der Waals surface area contributed by atoms with E-state index in [2.05, 4.69) is 4.99 Å². The molecule has 42 heavy (non-hydrogen) atoms. The molecule has 0 amide bonds. The summed E-state index contributed by atoms with van der Waals surface area (Å²) in [6.45, 7) is 5.38. The number of allylic oxidation sites excluding steroid dienone is 1. The second-order valence-corrected chi connectivity index (χ2v) is 10.4. The van der Waals surface area contributed by atoms with E-state index in [4.69, 9.17) is 18.6 Å². The number of nitrogens with zero attached hydrogens (tertiary/aromatic N) is 3. The van der Waals surface area contributed by atoms with Crippen LogP contribution in [0.25, 0.3) is 17.4 Å². The molecule has 12 heteroatoms. The van der Waals surface area contributed by atoms with Crippen molar-refractivity contribution in [1.29, 1.82) is 0 Å². The van der Waals surface area contributed by atoms with E-state index in [1.807, 2.05) is 6.92 Å². The highest BCUT2D eigenvalue weighted by molar-refractivity contribution is 7.07. The number of ether oxygens (including phenoxy) is 3. The number of carbonyl (C=O) groups is 1. The van der Waals surface area contributed by atoms with Crippen molar-refractivity contribution in [2.24, 2.45) is 4.99 Å². The lowest BCUT2D eigenvalue weighted by molar-refractivity contribution is -0.384. The number of hydrogen-bond acceptors (Lipinski definition) is 10. The van der Waals surface area contributed by atoms with Gasteiger partial charge in [-0.1, -0.05) is 17.4 Å². The zero-order chi connectivity index (χ0) is 30.1. The molecule has 0 saturated carbocycles. The molecule has 3 heterocycles. The Morgan fingerprint density at radius 1 is 1.14 bits per heavy atom. The predicted molar refractivity (Wildman–Crippen MR) is 155 cm³/mol. The minimum absolute atomic E-state index is 0.0531. The van der Waals surface area contributed by atoms with E-state index in [-0.39, 0.29) is 17.9 Å². The number of benzene rings is 2. The molecule has 1 aliphatic heterocycles. The van der Waals surface area contributed by atoms with Gasteiger partial charge in [-0.05, 0) is 56.7 Å². The lowest BCUT2D eigenvalue weighted by Crippen LogP contribution is -2.40.